The number of ether oxygens (including phenoxy) is 1. The summed E-state index contributed by atoms with van der Waals surface area (Å²) in [5.41, 5.74) is 5.23. The van der Waals surface area contributed by atoms with E-state index in [0.717, 1.165) is 10.4 Å². The van der Waals surface area contributed by atoms with Gasteiger partial charge in [-0.25, -0.2) is 8.42 Å². The number of hydrogen-bond donors (Lipinski definition) is 2. The lowest BCUT2D eigenvalue weighted by Gasteiger charge is -2.29. The van der Waals surface area contributed by atoms with Crippen LogP contribution in [0.15, 0.2) is 23.1 Å². The summed E-state index contributed by atoms with van der Waals surface area (Å²) in [6.45, 7) is 2.17. The average molecular weight is 407 g/mol. The van der Waals surface area contributed by atoms with Crippen LogP contribution in [0.25, 0.3) is 0 Å². The van der Waals surface area contributed by atoms with Gasteiger partial charge in [-0.1, -0.05) is 0 Å². The first-order chi connectivity index (χ1) is 11.8. The minimum atomic E-state index is -3.95. The van der Waals surface area contributed by atoms with Crippen LogP contribution in [0.3, 0.4) is 0 Å². The second-order valence-electron chi connectivity index (χ2n) is 5.62. The summed E-state index contributed by atoms with van der Waals surface area (Å²) < 4.78 is 31.3. The Hall–Kier alpha value is -1.88. The Morgan fingerprint density at radius 3 is 2.46 bits per heavy atom. The van der Waals surface area contributed by atoms with Crippen LogP contribution in [-0.4, -0.2) is 76.3 Å². The van der Waals surface area contributed by atoms with Crippen molar-refractivity contribution in [1.29, 1.82) is 0 Å². The fourth-order valence-corrected chi connectivity index (χ4v) is 3.66. The number of benzene rings is 1. The molecule has 0 bridgehead atoms. The fraction of sp³-hybridized carbons (Fsp3) is 0.467. The lowest BCUT2D eigenvalue weighted by atomic mass is 10.2. The number of halogens is 1. The van der Waals surface area contributed by atoms with Crippen molar-refractivity contribution < 1.29 is 22.7 Å². The molecule has 2 rings (SSSR count). The number of piperazine rings is 1. The van der Waals surface area contributed by atoms with E-state index in [9.17, 15) is 18.0 Å². The summed E-state index contributed by atoms with van der Waals surface area (Å²) in [5, 5.41) is 3.13. The van der Waals surface area contributed by atoms with E-state index in [1.54, 1.807) is 4.90 Å². The van der Waals surface area contributed by atoms with Crippen molar-refractivity contribution in [2.24, 2.45) is 5.73 Å². The van der Waals surface area contributed by atoms with Crippen LogP contribution in [0.5, 0.6) is 5.75 Å². The molecule has 0 radical (unpaired) electrons. The zero-order chi connectivity index (χ0) is 18.6. The van der Waals surface area contributed by atoms with Crippen LogP contribution in [-0.2, 0) is 14.8 Å². The zero-order valence-electron chi connectivity index (χ0n) is 14.6. The Morgan fingerprint density at radius 2 is 1.92 bits per heavy atom. The van der Waals surface area contributed by atoms with Crippen LogP contribution in [0.1, 0.15) is 10.4 Å². The SMILES string of the molecule is COc1ccc(S(=O)(=O)N(C)CC(=O)N2CCNCC2)cc1C(N)=O.Cl. The molecular formula is C15H23ClN4O5S. The molecule has 0 aromatic heterocycles. The van der Waals surface area contributed by atoms with E-state index in [4.69, 9.17) is 10.5 Å². The Kier molecular flexibility index (Phi) is 7.82. The first kappa shape index (κ1) is 22.2. The van der Waals surface area contributed by atoms with E-state index in [1.807, 2.05) is 0 Å². The van der Waals surface area contributed by atoms with Crippen molar-refractivity contribution in [3.05, 3.63) is 23.8 Å². The van der Waals surface area contributed by atoms with Crippen molar-refractivity contribution in [1.82, 2.24) is 14.5 Å². The lowest BCUT2D eigenvalue weighted by Crippen LogP contribution is -2.49. The number of amides is 2. The van der Waals surface area contributed by atoms with Gasteiger partial charge in [0.25, 0.3) is 5.91 Å². The molecule has 146 valence electrons. The average Bonchev–Trinajstić information content (AvgIpc) is 2.61. The maximum atomic E-state index is 12.7. The van der Waals surface area contributed by atoms with Gasteiger partial charge >= 0.3 is 0 Å². The molecule has 0 saturated carbocycles. The largest absolute Gasteiger partial charge is 0.496 e. The van der Waals surface area contributed by atoms with Gasteiger partial charge in [0.05, 0.1) is 24.1 Å². The number of methoxy groups -OCH3 is 1. The van der Waals surface area contributed by atoms with Crippen LogP contribution >= 0.6 is 12.4 Å². The Balaban J connectivity index is 0.00000338. The van der Waals surface area contributed by atoms with E-state index in [2.05, 4.69) is 5.32 Å². The predicted molar refractivity (Wildman–Crippen MR) is 98.0 cm³/mol. The van der Waals surface area contributed by atoms with Gasteiger partial charge < -0.3 is 20.7 Å². The number of nitrogens with zero attached hydrogens (tertiary/aromatic N) is 2. The van der Waals surface area contributed by atoms with Crippen LogP contribution in [0.2, 0.25) is 0 Å². The van der Waals surface area contributed by atoms with Crippen molar-refractivity contribution >= 4 is 34.2 Å². The van der Waals surface area contributed by atoms with Gasteiger partial charge in [0, 0.05) is 33.2 Å². The number of likely N-dealkylation sites (N-methyl/N-ethyl adjacent to an activating group) is 1. The smallest absolute Gasteiger partial charge is 0.252 e. The Bertz CT molecular complexity index is 765. The molecule has 11 heteroatoms. The highest BCUT2D eigenvalue weighted by Crippen LogP contribution is 2.23. The van der Waals surface area contributed by atoms with Gasteiger partial charge in [-0.05, 0) is 18.2 Å². The monoisotopic (exact) mass is 406 g/mol. The van der Waals surface area contributed by atoms with Crippen molar-refractivity contribution in [2.45, 2.75) is 4.90 Å². The summed E-state index contributed by atoms with van der Waals surface area (Å²) in [6.07, 6.45) is 0. The van der Waals surface area contributed by atoms with Crippen LogP contribution < -0.4 is 15.8 Å². The Morgan fingerprint density at radius 1 is 1.31 bits per heavy atom. The number of nitrogens with two attached hydrogens (primary N) is 1. The molecule has 2 amide bonds. The standard InChI is InChI=1S/C15H22N4O5S.ClH/c1-18(10-14(20)19-7-5-17-6-8-19)25(22,23)11-3-4-13(24-2)12(9-11)15(16)21;/h3-4,9,17H,5-8,10H2,1-2H3,(H2,16,21);1H. The molecule has 1 heterocycles. The number of hydrogen-bond acceptors (Lipinski definition) is 6. The minimum Gasteiger partial charge on any atom is -0.496 e. The van der Waals surface area contributed by atoms with Crippen LogP contribution in [0.4, 0.5) is 0 Å². The molecule has 1 saturated heterocycles. The maximum absolute atomic E-state index is 12.7. The van der Waals surface area contributed by atoms with E-state index in [0.29, 0.717) is 26.2 Å². The van der Waals surface area contributed by atoms with Gasteiger partial charge in [0.1, 0.15) is 5.75 Å². The number of sulfonamides is 1. The molecule has 1 fully saturated rings. The van der Waals surface area contributed by atoms with Crippen LogP contribution in [0, 0.1) is 0 Å². The van der Waals surface area contributed by atoms with E-state index in [-0.39, 0.29) is 41.1 Å². The topological polar surface area (TPSA) is 122 Å². The quantitative estimate of drug-likeness (QED) is 0.642. The molecule has 0 atom stereocenters. The van der Waals surface area contributed by atoms with Gasteiger partial charge in [-0.2, -0.15) is 4.31 Å². The summed E-state index contributed by atoms with van der Waals surface area (Å²) >= 11 is 0. The number of carbonyl (C=O) groups is 2. The van der Waals surface area contributed by atoms with Crippen molar-refractivity contribution in [2.75, 3.05) is 46.9 Å². The molecule has 0 unspecified atom stereocenters. The molecule has 1 aliphatic rings. The number of nitrogens with one attached hydrogen (secondary N) is 1. The van der Waals surface area contributed by atoms with E-state index >= 15 is 0 Å². The third kappa shape index (κ3) is 4.85. The minimum absolute atomic E-state index is 0. The van der Waals surface area contributed by atoms with Crippen molar-refractivity contribution in [3.8, 4) is 5.75 Å². The normalized spacial score (nSPS) is 14.7. The molecule has 0 spiro atoms. The number of rotatable bonds is 6. The summed E-state index contributed by atoms with van der Waals surface area (Å²) in [6, 6.07) is 3.83. The molecule has 1 aromatic carbocycles. The molecule has 9 nitrogen and oxygen atoms in total. The fourth-order valence-electron chi connectivity index (χ4n) is 2.51. The molecule has 0 aliphatic carbocycles. The second kappa shape index (κ2) is 9.17. The summed E-state index contributed by atoms with van der Waals surface area (Å²) in [4.78, 5) is 25.2. The highest BCUT2D eigenvalue weighted by molar-refractivity contribution is 7.89. The van der Waals surface area contributed by atoms with Gasteiger partial charge in [0.2, 0.25) is 15.9 Å². The lowest BCUT2D eigenvalue weighted by molar-refractivity contribution is -0.131. The predicted octanol–water partition coefficient (Wildman–Crippen LogP) is -0.732. The first-order valence-corrected chi connectivity index (χ1v) is 9.14. The first-order valence-electron chi connectivity index (χ1n) is 7.70. The molecule has 3 N–H and O–H groups in total. The van der Waals surface area contributed by atoms with Gasteiger partial charge in [-0.15, -0.1) is 12.4 Å². The number of carbonyl (C=O) groups excluding carboxylic acids is 2. The highest BCUT2D eigenvalue weighted by atomic mass is 35.5. The summed E-state index contributed by atoms with van der Waals surface area (Å²) in [5.74, 6) is -0.879. The zero-order valence-corrected chi connectivity index (χ0v) is 16.2. The number of primary amides is 1. The van der Waals surface area contributed by atoms with Crippen molar-refractivity contribution in [3.63, 3.8) is 0 Å². The third-order valence-corrected chi connectivity index (χ3v) is 5.77. The second-order valence-corrected chi connectivity index (χ2v) is 7.66. The molecule has 1 aliphatic heterocycles. The molecule has 26 heavy (non-hydrogen) atoms. The molecular weight excluding hydrogens is 384 g/mol. The Labute approximate surface area is 158 Å². The highest BCUT2D eigenvalue weighted by Gasteiger charge is 2.27. The third-order valence-electron chi connectivity index (χ3n) is 3.97. The van der Waals surface area contributed by atoms with E-state index in [1.165, 1.54) is 26.3 Å². The molecule has 1 aromatic rings. The van der Waals surface area contributed by atoms with Gasteiger partial charge in [-0.3, -0.25) is 9.59 Å². The summed E-state index contributed by atoms with van der Waals surface area (Å²) in [7, 11) is -1.27. The maximum Gasteiger partial charge on any atom is 0.252 e. The van der Waals surface area contributed by atoms with Gasteiger partial charge in [0.15, 0.2) is 0 Å². The van der Waals surface area contributed by atoms with E-state index < -0.39 is 15.9 Å².